The van der Waals surface area contributed by atoms with Crippen LogP contribution in [0.2, 0.25) is 0 Å². The third-order valence-corrected chi connectivity index (χ3v) is 7.89. The lowest BCUT2D eigenvalue weighted by Gasteiger charge is -2.30. The van der Waals surface area contributed by atoms with Crippen LogP contribution >= 0.6 is 11.9 Å². The van der Waals surface area contributed by atoms with Crippen LogP contribution in [0.5, 0.6) is 5.75 Å². The number of carbonyl (C=O) groups excluding carboxylic acids is 1. The number of hydrogen-bond donors (Lipinski definition) is 0. The largest absolute Gasteiger partial charge is 0.490 e. The highest BCUT2D eigenvalue weighted by molar-refractivity contribution is 7.97. The fourth-order valence-corrected chi connectivity index (χ4v) is 5.78. The van der Waals surface area contributed by atoms with E-state index in [0.29, 0.717) is 6.29 Å². The lowest BCUT2D eigenvalue weighted by molar-refractivity contribution is -0.124. The summed E-state index contributed by atoms with van der Waals surface area (Å²) >= 11 is 1.13. The van der Waals surface area contributed by atoms with E-state index in [1.165, 1.54) is 36.3 Å². The van der Waals surface area contributed by atoms with E-state index in [0.717, 1.165) is 57.3 Å². The smallest absolute Gasteiger partial charge is 0.296 e. The fourth-order valence-electron chi connectivity index (χ4n) is 4.84. The van der Waals surface area contributed by atoms with Crippen LogP contribution in [0.4, 0.5) is 8.78 Å². The van der Waals surface area contributed by atoms with Crippen molar-refractivity contribution in [1.82, 2.24) is 4.31 Å². The van der Waals surface area contributed by atoms with Gasteiger partial charge in [0, 0.05) is 10.5 Å². The number of aldehydes is 1. The van der Waals surface area contributed by atoms with E-state index in [1.54, 1.807) is 12.1 Å². The lowest BCUT2D eigenvalue weighted by Crippen LogP contribution is -2.42. The number of alkyl halides is 2. The molecule has 0 radical (unpaired) electrons. The first-order valence-electron chi connectivity index (χ1n) is 12.5. The summed E-state index contributed by atoms with van der Waals surface area (Å²) in [7, 11) is 1.53. The highest BCUT2D eigenvalue weighted by Gasteiger charge is 2.44. The van der Waals surface area contributed by atoms with Gasteiger partial charge < -0.3 is 9.53 Å². The Bertz CT molecular complexity index is 1360. The molecule has 0 bridgehead atoms. The average Bonchev–Trinajstić information content (AvgIpc) is 3.42. The van der Waals surface area contributed by atoms with E-state index in [1.807, 2.05) is 66.7 Å². The molecule has 0 spiro atoms. The molecule has 0 N–H and O–H groups in total. The fraction of sp³-hybridized carbons (Fsp3) is 0.258. The van der Waals surface area contributed by atoms with Crippen LogP contribution in [0.3, 0.4) is 0 Å². The topological polar surface area (TPSA) is 29.5 Å². The van der Waals surface area contributed by atoms with Crippen molar-refractivity contribution in [2.45, 2.75) is 48.6 Å². The Balaban J connectivity index is 1.30. The van der Waals surface area contributed by atoms with Gasteiger partial charge in [-0.1, -0.05) is 66.7 Å². The van der Waals surface area contributed by atoms with Crippen molar-refractivity contribution in [3.8, 4) is 16.9 Å². The monoisotopic (exact) mass is 517 g/mol. The number of fused-ring (bicyclic) bond motifs is 1. The van der Waals surface area contributed by atoms with Gasteiger partial charge in [-0.3, -0.25) is 0 Å². The van der Waals surface area contributed by atoms with Crippen molar-refractivity contribution in [1.29, 1.82) is 0 Å². The van der Waals surface area contributed by atoms with Crippen molar-refractivity contribution in [3.05, 3.63) is 96.6 Å². The van der Waals surface area contributed by atoms with Crippen molar-refractivity contribution in [2.24, 2.45) is 0 Å². The summed E-state index contributed by atoms with van der Waals surface area (Å²) in [5.74, 6) is -2.50. The third kappa shape index (κ3) is 5.71. The van der Waals surface area contributed by atoms with Crippen LogP contribution in [-0.4, -0.2) is 29.8 Å². The Morgan fingerprint density at radius 3 is 2.24 bits per heavy atom. The normalized spacial score (nSPS) is 15.2. The molecular formula is C31H29F2NO2S. The Labute approximate surface area is 220 Å². The quantitative estimate of drug-likeness (QED) is 0.166. The Kier molecular flexibility index (Phi) is 7.58. The van der Waals surface area contributed by atoms with Gasteiger partial charge in [-0.25, -0.2) is 4.31 Å². The molecule has 5 rings (SSSR count). The molecule has 0 aromatic heterocycles. The van der Waals surface area contributed by atoms with Crippen LogP contribution < -0.4 is 4.74 Å². The predicted molar refractivity (Wildman–Crippen MR) is 146 cm³/mol. The molecule has 4 aromatic rings. The maximum Gasteiger partial charge on any atom is 0.296 e. The van der Waals surface area contributed by atoms with E-state index in [9.17, 15) is 4.79 Å². The van der Waals surface area contributed by atoms with Crippen molar-refractivity contribution in [3.63, 3.8) is 0 Å². The van der Waals surface area contributed by atoms with Gasteiger partial charge in [-0.15, -0.1) is 0 Å². The molecule has 1 atom stereocenters. The summed E-state index contributed by atoms with van der Waals surface area (Å²) in [5.41, 5.74) is 1.61. The number of benzene rings is 4. The molecule has 6 heteroatoms. The Morgan fingerprint density at radius 1 is 0.892 bits per heavy atom. The average molecular weight is 518 g/mol. The molecule has 0 heterocycles. The Hall–Kier alpha value is -3.22. The van der Waals surface area contributed by atoms with E-state index >= 15 is 8.78 Å². The van der Waals surface area contributed by atoms with Gasteiger partial charge in [0.2, 0.25) is 0 Å². The molecule has 190 valence electrons. The highest BCUT2D eigenvalue weighted by Crippen LogP contribution is 2.38. The van der Waals surface area contributed by atoms with Crippen molar-refractivity contribution >= 4 is 29.0 Å². The van der Waals surface area contributed by atoms with Gasteiger partial charge in [0.1, 0.15) is 18.1 Å². The molecule has 1 aliphatic rings. The summed E-state index contributed by atoms with van der Waals surface area (Å²) < 4.78 is 38.4. The highest BCUT2D eigenvalue weighted by atomic mass is 32.2. The number of rotatable bonds is 9. The van der Waals surface area contributed by atoms with Crippen LogP contribution in [0.15, 0.2) is 95.9 Å². The van der Waals surface area contributed by atoms with Gasteiger partial charge >= 0.3 is 0 Å². The Morgan fingerprint density at radius 2 is 1.54 bits per heavy atom. The molecule has 1 aliphatic carbocycles. The zero-order valence-electron chi connectivity index (χ0n) is 20.6. The molecule has 1 saturated carbocycles. The van der Waals surface area contributed by atoms with Crippen LogP contribution in [-0.2, 0) is 10.7 Å². The van der Waals surface area contributed by atoms with Gasteiger partial charge in [0.25, 0.3) is 5.92 Å². The summed E-state index contributed by atoms with van der Waals surface area (Å²) in [4.78, 5) is 12.7. The van der Waals surface area contributed by atoms with Crippen molar-refractivity contribution < 1.29 is 18.3 Å². The van der Waals surface area contributed by atoms with Gasteiger partial charge in [0.05, 0.1) is 6.10 Å². The summed E-state index contributed by atoms with van der Waals surface area (Å²) in [6.07, 6.45) is 5.24. The maximum atomic E-state index is 15.5. The number of likely N-dealkylation sites (N-methyl/N-ethyl adjacent to an activating group) is 1. The van der Waals surface area contributed by atoms with Gasteiger partial charge in [-0.2, -0.15) is 8.78 Å². The first kappa shape index (κ1) is 25.4. The maximum absolute atomic E-state index is 15.5. The first-order chi connectivity index (χ1) is 17.9. The molecule has 0 saturated heterocycles. The second-order valence-electron chi connectivity index (χ2n) is 9.48. The SMILES string of the molecule is CN(Sc1ccc2cc(OC3CCCC3)ccc2c1)C(C=O)C(F)(F)c1ccc(-c2ccccc2)cc1. The number of ether oxygens (including phenoxy) is 1. The summed E-state index contributed by atoms with van der Waals surface area (Å²) in [6, 6.07) is 25.9. The second kappa shape index (κ2) is 11.0. The summed E-state index contributed by atoms with van der Waals surface area (Å²) in [6.45, 7) is 0. The van der Waals surface area contributed by atoms with Crippen LogP contribution in [0.25, 0.3) is 21.9 Å². The predicted octanol–water partition coefficient (Wildman–Crippen LogP) is 8.13. The molecule has 1 fully saturated rings. The minimum absolute atomic E-state index is 0.190. The zero-order chi connectivity index (χ0) is 25.8. The van der Waals surface area contributed by atoms with E-state index in [4.69, 9.17) is 4.74 Å². The number of halogens is 2. The zero-order valence-corrected chi connectivity index (χ0v) is 21.5. The second-order valence-corrected chi connectivity index (χ2v) is 10.7. The van der Waals surface area contributed by atoms with Crippen molar-refractivity contribution in [2.75, 3.05) is 7.05 Å². The number of carbonyl (C=O) groups is 1. The molecular weight excluding hydrogens is 488 g/mol. The van der Waals surface area contributed by atoms with E-state index in [-0.39, 0.29) is 11.7 Å². The van der Waals surface area contributed by atoms with E-state index in [2.05, 4.69) is 0 Å². The van der Waals surface area contributed by atoms with Gasteiger partial charge in [0.15, 0.2) is 0 Å². The minimum atomic E-state index is -3.36. The number of hydrogen-bond acceptors (Lipinski definition) is 4. The molecule has 4 aromatic carbocycles. The molecule has 1 unspecified atom stereocenters. The number of nitrogens with zero attached hydrogens (tertiary/aromatic N) is 1. The third-order valence-electron chi connectivity index (χ3n) is 6.91. The van der Waals surface area contributed by atoms with Crippen LogP contribution in [0, 0.1) is 0 Å². The molecule has 0 aliphatic heterocycles. The van der Waals surface area contributed by atoms with Gasteiger partial charge in [-0.05, 0) is 90.8 Å². The lowest BCUT2D eigenvalue weighted by atomic mass is 9.98. The molecule has 3 nitrogen and oxygen atoms in total. The first-order valence-corrected chi connectivity index (χ1v) is 13.3. The standard InChI is InChI=1S/C31H29F2NO2S/c1-34(30(21-35)31(32,33)26-15-11-23(12-16-26)22-7-3-2-4-8-22)37-29-18-14-24-19-28(17-13-25(24)20-29)36-27-9-5-6-10-27/h2-4,7-8,11-21,27,30H,5-6,9-10H2,1H3. The van der Waals surface area contributed by atoms with E-state index < -0.39 is 12.0 Å². The summed E-state index contributed by atoms with van der Waals surface area (Å²) in [5, 5.41) is 2.02. The molecule has 0 amide bonds. The van der Waals surface area contributed by atoms with Crippen LogP contribution in [0.1, 0.15) is 31.2 Å². The minimum Gasteiger partial charge on any atom is -0.490 e. The molecule has 37 heavy (non-hydrogen) atoms.